The highest BCUT2D eigenvalue weighted by Crippen LogP contribution is 2.34. The van der Waals surface area contributed by atoms with Gasteiger partial charge in [0, 0.05) is 30.0 Å². The molecule has 0 saturated heterocycles. The summed E-state index contributed by atoms with van der Waals surface area (Å²) in [7, 11) is 0. The summed E-state index contributed by atoms with van der Waals surface area (Å²) in [6, 6.07) is 12.7. The predicted octanol–water partition coefficient (Wildman–Crippen LogP) is 4.01. The van der Waals surface area contributed by atoms with Crippen molar-refractivity contribution in [3.05, 3.63) is 71.5 Å². The minimum absolute atomic E-state index is 0.0675. The monoisotopic (exact) mass is 421 g/mol. The number of hydrogen-bond acceptors (Lipinski definition) is 4. The number of hydrogen-bond donors (Lipinski definition) is 4. The van der Waals surface area contributed by atoms with Crippen molar-refractivity contribution in [1.82, 2.24) is 10.3 Å². The molecule has 1 atom stereocenters. The van der Waals surface area contributed by atoms with E-state index >= 15 is 0 Å². The van der Waals surface area contributed by atoms with Gasteiger partial charge in [-0.05, 0) is 45.7 Å². The second kappa shape index (κ2) is 9.14. The quantitative estimate of drug-likeness (QED) is 0.480. The summed E-state index contributed by atoms with van der Waals surface area (Å²) >= 11 is 0. The van der Waals surface area contributed by atoms with Gasteiger partial charge in [-0.15, -0.1) is 0 Å². The molecule has 31 heavy (non-hydrogen) atoms. The minimum atomic E-state index is -1.20. The Bertz CT molecular complexity index is 1090. The third-order valence-electron chi connectivity index (χ3n) is 5.18. The molecule has 2 amide bonds. The molecule has 7 heteroatoms. The summed E-state index contributed by atoms with van der Waals surface area (Å²) in [6.07, 6.45) is 2.30. The first kappa shape index (κ1) is 22.2. The Labute approximate surface area is 181 Å². The molecule has 1 heterocycles. The molecule has 0 aliphatic rings. The molecule has 3 aromatic rings. The Morgan fingerprint density at radius 2 is 1.77 bits per heavy atom. The fraction of sp³-hybridized carbons (Fsp3) is 0.292. The van der Waals surface area contributed by atoms with E-state index in [9.17, 15) is 14.7 Å². The van der Waals surface area contributed by atoms with Crippen LogP contribution in [0.25, 0.3) is 10.8 Å². The fourth-order valence-corrected chi connectivity index (χ4v) is 3.49. The van der Waals surface area contributed by atoms with Crippen molar-refractivity contribution < 1.29 is 19.8 Å². The Hall–Kier alpha value is -3.45. The molecular weight excluding hydrogens is 394 g/mol. The van der Waals surface area contributed by atoms with Crippen LogP contribution in [0.15, 0.2) is 54.9 Å². The zero-order valence-corrected chi connectivity index (χ0v) is 17.8. The summed E-state index contributed by atoms with van der Waals surface area (Å²) in [5.41, 5.74) is 2.79. The lowest BCUT2D eigenvalue weighted by Gasteiger charge is -2.25. The van der Waals surface area contributed by atoms with E-state index in [1.165, 1.54) is 0 Å². The van der Waals surface area contributed by atoms with Crippen molar-refractivity contribution >= 4 is 28.5 Å². The van der Waals surface area contributed by atoms with Crippen LogP contribution in [0.2, 0.25) is 0 Å². The van der Waals surface area contributed by atoms with Gasteiger partial charge < -0.3 is 20.8 Å². The smallest absolute Gasteiger partial charge is 0.404 e. The third-order valence-corrected chi connectivity index (χ3v) is 5.18. The molecule has 3 rings (SSSR count). The van der Waals surface area contributed by atoms with E-state index in [0.717, 1.165) is 16.3 Å². The maximum absolute atomic E-state index is 13.3. The lowest BCUT2D eigenvalue weighted by Crippen LogP contribution is -2.34. The van der Waals surface area contributed by atoms with Crippen LogP contribution in [-0.2, 0) is 16.8 Å². The molecule has 0 fully saturated rings. The Morgan fingerprint density at radius 1 is 1.06 bits per heavy atom. The maximum Gasteiger partial charge on any atom is 0.404 e. The molecule has 1 aromatic heterocycles. The van der Waals surface area contributed by atoms with Gasteiger partial charge in [-0.3, -0.25) is 9.78 Å². The first-order valence-electron chi connectivity index (χ1n) is 10.0. The van der Waals surface area contributed by atoms with Gasteiger partial charge in [0.15, 0.2) is 0 Å². The van der Waals surface area contributed by atoms with Gasteiger partial charge in [-0.1, -0.05) is 45.0 Å². The topological polar surface area (TPSA) is 112 Å². The molecule has 162 valence electrons. The van der Waals surface area contributed by atoms with Crippen LogP contribution in [-0.4, -0.2) is 33.7 Å². The largest absolute Gasteiger partial charge is 0.465 e. The number of pyridine rings is 1. The van der Waals surface area contributed by atoms with Crippen LogP contribution in [0.4, 0.5) is 10.5 Å². The van der Waals surface area contributed by atoms with Crippen LogP contribution in [0.5, 0.6) is 0 Å². The van der Waals surface area contributed by atoms with Crippen LogP contribution in [0, 0.1) is 0 Å². The first-order chi connectivity index (χ1) is 14.7. The molecule has 0 saturated carbocycles. The van der Waals surface area contributed by atoms with E-state index in [2.05, 4.69) is 36.4 Å². The van der Waals surface area contributed by atoms with Crippen molar-refractivity contribution in [3.8, 4) is 0 Å². The number of carboxylic acid groups (broad SMARTS) is 1. The number of nitrogens with zero attached hydrogens (tertiary/aromatic N) is 1. The van der Waals surface area contributed by atoms with Gasteiger partial charge in [-0.2, -0.15) is 0 Å². The lowest BCUT2D eigenvalue weighted by atomic mass is 9.84. The van der Waals surface area contributed by atoms with Gasteiger partial charge in [-0.25, -0.2) is 4.79 Å². The number of benzene rings is 2. The van der Waals surface area contributed by atoms with E-state index < -0.39 is 12.0 Å². The molecule has 1 unspecified atom stereocenters. The standard InChI is InChI=1S/C24H27N3O4/c1-24(2,3)20-10-18-12-25-9-8-17(18)11-21(20)27-22(29)19(13-26-23(30)31)16-6-4-15(14-28)5-7-16/h4-12,19,26,28H,13-14H2,1-3H3,(H,27,29)(H,30,31). The number of fused-ring (bicyclic) bond motifs is 1. The zero-order valence-electron chi connectivity index (χ0n) is 17.8. The number of rotatable bonds is 6. The fourth-order valence-electron chi connectivity index (χ4n) is 3.49. The lowest BCUT2D eigenvalue weighted by molar-refractivity contribution is -0.117. The summed E-state index contributed by atoms with van der Waals surface area (Å²) in [5.74, 6) is -1.05. The first-order valence-corrected chi connectivity index (χ1v) is 10.0. The average Bonchev–Trinajstić information content (AvgIpc) is 2.73. The molecule has 4 N–H and O–H groups in total. The SMILES string of the molecule is CC(C)(C)c1cc2cnccc2cc1NC(=O)C(CNC(=O)O)c1ccc(CO)cc1. The van der Waals surface area contributed by atoms with Crippen LogP contribution in [0.1, 0.15) is 43.4 Å². The number of carbonyl (C=O) groups is 2. The summed E-state index contributed by atoms with van der Waals surface area (Å²) in [5, 5.41) is 25.6. The zero-order chi connectivity index (χ0) is 22.6. The highest BCUT2D eigenvalue weighted by atomic mass is 16.4. The number of aliphatic hydroxyl groups excluding tert-OH is 1. The summed E-state index contributed by atoms with van der Waals surface area (Å²) < 4.78 is 0. The molecule has 0 aliphatic carbocycles. The van der Waals surface area contributed by atoms with Crippen molar-refractivity contribution in [2.75, 3.05) is 11.9 Å². The normalized spacial score (nSPS) is 12.4. The number of amides is 2. The predicted molar refractivity (Wildman–Crippen MR) is 120 cm³/mol. The Morgan fingerprint density at radius 3 is 2.39 bits per heavy atom. The van der Waals surface area contributed by atoms with Gasteiger partial charge in [0.05, 0.1) is 12.5 Å². The highest BCUT2D eigenvalue weighted by molar-refractivity contribution is 5.99. The van der Waals surface area contributed by atoms with E-state index in [0.29, 0.717) is 16.8 Å². The van der Waals surface area contributed by atoms with Gasteiger partial charge >= 0.3 is 6.09 Å². The number of nitrogens with one attached hydrogen (secondary N) is 2. The van der Waals surface area contributed by atoms with E-state index in [1.54, 1.807) is 36.7 Å². The van der Waals surface area contributed by atoms with Crippen molar-refractivity contribution in [3.63, 3.8) is 0 Å². The highest BCUT2D eigenvalue weighted by Gasteiger charge is 2.25. The van der Waals surface area contributed by atoms with E-state index in [1.807, 2.05) is 18.2 Å². The van der Waals surface area contributed by atoms with Gasteiger partial charge in [0.25, 0.3) is 0 Å². The second-order valence-corrected chi connectivity index (χ2v) is 8.50. The van der Waals surface area contributed by atoms with Crippen LogP contribution in [0.3, 0.4) is 0 Å². The molecule has 0 aliphatic heterocycles. The Balaban J connectivity index is 1.98. The van der Waals surface area contributed by atoms with Crippen LogP contribution >= 0.6 is 0 Å². The summed E-state index contributed by atoms with van der Waals surface area (Å²) in [4.78, 5) is 28.5. The van der Waals surface area contributed by atoms with E-state index in [4.69, 9.17) is 5.11 Å². The average molecular weight is 421 g/mol. The van der Waals surface area contributed by atoms with Gasteiger partial charge in [0.1, 0.15) is 0 Å². The van der Waals surface area contributed by atoms with Crippen molar-refractivity contribution in [2.45, 2.75) is 38.7 Å². The second-order valence-electron chi connectivity index (χ2n) is 8.50. The van der Waals surface area contributed by atoms with Crippen LogP contribution < -0.4 is 10.6 Å². The van der Waals surface area contributed by atoms with Crippen molar-refractivity contribution in [1.29, 1.82) is 0 Å². The number of carbonyl (C=O) groups excluding carboxylic acids is 1. The number of aromatic nitrogens is 1. The molecule has 0 radical (unpaired) electrons. The Kier molecular flexibility index (Phi) is 6.56. The number of aliphatic hydroxyl groups is 1. The number of anilines is 1. The molecular formula is C24H27N3O4. The molecule has 0 bridgehead atoms. The minimum Gasteiger partial charge on any atom is -0.465 e. The van der Waals surface area contributed by atoms with E-state index in [-0.39, 0.29) is 24.5 Å². The third kappa shape index (κ3) is 5.38. The molecule has 0 spiro atoms. The van der Waals surface area contributed by atoms with Gasteiger partial charge in [0.2, 0.25) is 5.91 Å². The maximum atomic E-state index is 13.3. The summed E-state index contributed by atoms with van der Waals surface area (Å²) in [6.45, 7) is 6.03. The molecule has 2 aromatic carbocycles. The molecule has 7 nitrogen and oxygen atoms in total. The van der Waals surface area contributed by atoms with Crippen molar-refractivity contribution in [2.24, 2.45) is 0 Å².